The van der Waals surface area contributed by atoms with Gasteiger partial charge in [-0.1, -0.05) is 38.5 Å². The van der Waals surface area contributed by atoms with Gasteiger partial charge >= 0.3 is 0 Å². The van der Waals surface area contributed by atoms with Gasteiger partial charge < -0.3 is 10.3 Å². The Bertz CT molecular complexity index is 630. The van der Waals surface area contributed by atoms with Crippen LogP contribution in [0.2, 0.25) is 0 Å². The van der Waals surface area contributed by atoms with E-state index in [0.717, 1.165) is 31.4 Å². The van der Waals surface area contributed by atoms with Crippen LogP contribution < -0.4 is 10.7 Å². The molecule has 112 valence electrons. The third kappa shape index (κ3) is 4.04. The van der Waals surface area contributed by atoms with Crippen LogP contribution in [-0.2, 0) is 6.42 Å². The molecule has 0 radical (unpaired) electrons. The number of nitrogens with one attached hydrogen (secondary N) is 3. The molecular formula is C16H22N4S. The Kier molecular flexibility index (Phi) is 5.75. The van der Waals surface area contributed by atoms with Crippen molar-refractivity contribution in [1.29, 1.82) is 0 Å². The number of hydrazone groups is 1. The minimum Gasteiger partial charge on any atom is -0.361 e. The zero-order chi connectivity index (χ0) is 15.1. The lowest BCUT2D eigenvalue weighted by Gasteiger charge is -2.05. The molecule has 0 bridgehead atoms. The largest absolute Gasteiger partial charge is 0.361 e. The summed E-state index contributed by atoms with van der Waals surface area (Å²) in [6.45, 7) is 5.19. The van der Waals surface area contributed by atoms with E-state index in [2.05, 4.69) is 52.9 Å². The van der Waals surface area contributed by atoms with Crippen molar-refractivity contribution in [2.45, 2.75) is 33.1 Å². The number of aryl methyl sites for hydroxylation is 1. The smallest absolute Gasteiger partial charge is 0.186 e. The average molecular weight is 302 g/mol. The molecule has 5 heteroatoms. The third-order valence-electron chi connectivity index (χ3n) is 3.40. The highest BCUT2D eigenvalue weighted by molar-refractivity contribution is 7.80. The van der Waals surface area contributed by atoms with Crippen LogP contribution in [0.1, 0.15) is 37.8 Å². The lowest BCUT2D eigenvalue weighted by Crippen LogP contribution is -2.32. The van der Waals surface area contributed by atoms with Gasteiger partial charge in [0.1, 0.15) is 0 Å². The SMILES string of the molecule is CCCCNC(=S)NN=Cc1c[nH]c2c(CC)cccc12. The predicted octanol–water partition coefficient (Wildman–Crippen LogP) is 3.33. The topological polar surface area (TPSA) is 52.2 Å². The van der Waals surface area contributed by atoms with Crippen molar-refractivity contribution < 1.29 is 0 Å². The number of nitrogens with zero attached hydrogens (tertiary/aromatic N) is 1. The first-order valence-electron chi connectivity index (χ1n) is 7.42. The molecule has 0 fully saturated rings. The number of benzene rings is 1. The number of thiocarbonyl (C=S) groups is 1. The van der Waals surface area contributed by atoms with Crippen molar-refractivity contribution in [3.05, 3.63) is 35.5 Å². The van der Waals surface area contributed by atoms with E-state index in [4.69, 9.17) is 12.2 Å². The second-order valence-corrected chi connectivity index (χ2v) is 5.32. The van der Waals surface area contributed by atoms with E-state index in [1.807, 2.05) is 6.20 Å². The highest BCUT2D eigenvalue weighted by Gasteiger charge is 2.04. The summed E-state index contributed by atoms with van der Waals surface area (Å²) in [6, 6.07) is 6.33. The number of aromatic amines is 1. The number of rotatable bonds is 6. The lowest BCUT2D eigenvalue weighted by atomic mass is 10.1. The predicted molar refractivity (Wildman–Crippen MR) is 93.9 cm³/mol. The Labute approximate surface area is 131 Å². The summed E-state index contributed by atoms with van der Waals surface area (Å²) < 4.78 is 0. The van der Waals surface area contributed by atoms with E-state index >= 15 is 0 Å². The first-order chi connectivity index (χ1) is 10.3. The summed E-state index contributed by atoms with van der Waals surface area (Å²) in [5, 5.41) is 9.07. The molecule has 3 N–H and O–H groups in total. The second-order valence-electron chi connectivity index (χ2n) is 4.92. The molecule has 1 aromatic carbocycles. The maximum atomic E-state index is 5.15. The zero-order valence-corrected chi connectivity index (χ0v) is 13.4. The van der Waals surface area contributed by atoms with Crippen molar-refractivity contribution in [2.24, 2.45) is 5.10 Å². The molecule has 0 aliphatic carbocycles. The number of fused-ring (bicyclic) bond motifs is 1. The first-order valence-corrected chi connectivity index (χ1v) is 7.83. The fraction of sp³-hybridized carbons (Fsp3) is 0.375. The molecule has 2 rings (SSSR count). The molecule has 0 aliphatic rings. The summed E-state index contributed by atoms with van der Waals surface area (Å²) >= 11 is 5.15. The van der Waals surface area contributed by atoms with E-state index in [-0.39, 0.29) is 0 Å². The van der Waals surface area contributed by atoms with Crippen molar-refractivity contribution in [3.8, 4) is 0 Å². The summed E-state index contributed by atoms with van der Waals surface area (Å²) in [6.07, 6.45) is 7.04. The number of aromatic nitrogens is 1. The lowest BCUT2D eigenvalue weighted by molar-refractivity contribution is 0.745. The van der Waals surface area contributed by atoms with Crippen molar-refractivity contribution in [2.75, 3.05) is 6.54 Å². The fourth-order valence-electron chi connectivity index (χ4n) is 2.22. The highest BCUT2D eigenvalue weighted by Crippen LogP contribution is 2.20. The summed E-state index contributed by atoms with van der Waals surface area (Å²) in [4.78, 5) is 3.32. The van der Waals surface area contributed by atoms with Crippen LogP contribution in [0.5, 0.6) is 0 Å². The van der Waals surface area contributed by atoms with E-state index in [0.29, 0.717) is 5.11 Å². The Morgan fingerprint density at radius 2 is 2.24 bits per heavy atom. The third-order valence-corrected chi connectivity index (χ3v) is 3.64. The van der Waals surface area contributed by atoms with Crippen LogP contribution in [0, 0.1) is 0 Å². The number of hydrogen-bond acceptors (Lipinski definition) is 2. The minimum absolute atomic E-state index is 0.564. The van der Waals surface area contributed by atoms with Gasteiger partial charge in [0, 0.05) is 29.2 Å². The number of hydrogen-bond donors (Lipinski definition) is 3. The standard InChI is InChI=1S/C16H22N4S/c1-3-5-9-17-16(21)20-19-11-13-10-18-15-12(4-2)7-6-8-14(13)15/h6-8,10-11,18H,3-5,9H2,1-2H3,(H2,17,20,21). The quantitative estimate of drug-likeness (QED) is 0.332. The Morgan fingerprint density at radius 1 is 1.38 bits per heavy atom. The van der Waals surface area contributed by atoms with E-state index < -0.39 is 0 Å². The Balaban J connectivity index is 2.00. The van der Waals surface area contributed by atoms with Crippen LogP contribution in [0.3, 0.4) is 0 Å². The first kappa shape index (κ1) is 15.5. The average Bonchev–Trinajstić information content (AvgIpc) is 2.91. The van der Waals surface area contributed by atoms with Gasteiger partial charge in [-0.15, -0.1) is 0 Å². The van der Waals surface area contributed by atoms with Gasteiger partial charge in [0.15, 0.2) is 5.11 Å². The van der Waals surface area contributed by atoms with Gasteiger partial charge in [-0.3, -0.25) is 5.43 Å². The van der Waals surface area contributed by atoms with Gasteiger partial charge in [0.25, 0.3) is 0 Å². The molecule has 1 heterocycles. The van der Waals surface area contributed by atoms with Crippen molar-refractivity contribution in [3.63, 3.8) is 0 Å². The second kappa shape index (κ2) is 7.78. The Hall–Kier alpha value is -1.88. The van der Waals surface area contributed by atoms with Crippen LogP contribution >= 0.6 is 12.2 Å². The molecule has 2 aromatic rings. The molecule has 21 heavy (non-hydrogen) atoms. The van der Waals surface area contributed by atoms with Gasteiger partial charge in [0.05, 0.1) is 6.21 Å². The monoisotopic (exact) mass is 302 g/mol. The van der Waals surface area contributed by atoms with Gasteiger partial charge in [0.2, 0.25) is 0 Å². The summed E-state index contributed by atoms with van der Waals surface area (Å²) in [7, 11) is 0. The molecule has 0 aliphatic heterocycles. The minimum atomic E-state index is 0.564. The molecule has 0 amide bonds. The molecule has 0 saturated heterocycles. The molecule has 0 spiro atoms. The summed E-state index contributed by atoms with van der Waals surface area (Å²) in [5.41, 5.74) is 6.41. The Morgan fingerprint density at radius 3 is 3.00 bits per heavy atom. The van der Waals surface area contributed by atoms with Crippen LogP contribution in [-0.4, -0.2) is 22.9 Å². The number of H-pyrrole nitrogens is 1. The summed E-state index contributed by atoms with van der Waals surface area (Å²) in [5.74, 6) is 0. The highest BCUT2D eigenvalue weighted by atomic mass is 32.1. The molecule has 1 aromatic heterocycles. The maximum Gasteiger partial charge on any atom is 0.186 e. The van der Waals surface area contributed by atoms with Gasteiger partial charge in [-0.2, -0.15) is 5.10 Å². The maximum absolute atomic E-state index is 5.15. The van der Waals surface area contributed by atoms with E-state index in [1.165, 1.54) is 16.5 Å². The van der Waals surface area contributed by atoms with Crippen LogP contribution in [0.4, 0.5) is 0 Å². The fourth-order valence-corrected chi connectivity index (χ4v) is 2.37. The molecule has 0 unspecified atom stereocenters. The van der Waals surface area contributed by atoms with E-state index in [9.17, 15) is 0 Å². The van der Waals surface area contributed by atoms with Gasteiger partial charge in [-0.25, -0.2) is 0 Å². The number of unbranched alkanes of at least 4 members (excludes halogenated alkanes) is 1. The normalized spacial score (nSPS) is 11.1. The van der Waals surface area contributed by atoms with Crippen molar-refractivity contribution >= 4 is 34.4 Å². The molecule has 4 nitrogen and oxygen atoms in total. The van der Waals surface area contributed by atoms with E-state index in [1.54, 1.807) is 6.21 Å². The van der Waals surface area contributed by atoms with Crippen molar-refractivity contribution in [1.82, 2.24) is 15.7 Å². The van der Waals surface area contributed by atoms with Gasteiger partial charge in [-0.05, 0) is 30.6 Å². The molecule has 0 saturated carbocycles. The molecular weight excluding hydrogens is 280 g/mol. The van der Waals surface area contributed by atoms with Crippen LogP contribution in [0.25, 0.3) is 10.9 Å². The molecule has 0 atom stereocenters. The zero-order valence-electron chi connectivity index (χ0n) is 12.6. The number of para-hydroxylation sites is 1. The van der Waals surface area contributed by atoms with Crippen LogP contribution in [0.15, 0.2) is 29.5 Å².